The summed E-state index contributed by atoms with van der Waals surface area (Å²) in [5.41, 5.74) is -6.43. The fraction of sp³-hybridized carbons (Fsp3) is 1.00. The minimum atomic E-state index is -7.20. The van der Waals surface area contributed by atoms with Crippen molar-refractivity contribution in [3.63, 3.8) is 0 Å². The van der Waals surface area contributed by atoms with E-state index in [2.05, 4.69) is 0 Å². The quantitative estimate of drug-likeness (QED) is 0.382. The van der Waals surface area contributed by atoms with Gasteiger partial charge in [0.25, 0.3) is 0 Å². The third-order valence-electron chi connectivity index (χ3n) is 1.36. The topological polar surface area (TPSA) is 161 Å². The number of rotatable bonds is 6. The Morgan fingerprint density at radius 2 is 0.909 bits per heavy atom. The van der Waals surface area contributed by atoms with Crippen LogP contribution in [0.25, 0.3) is 0 Å². The molecule has 0 spiro atoms. The van der Waals surface area contributed by atoms with Crippen molar-refractivity contribution in [2.75, 3.05) is 0 Å². The summed E-state index contributed by atoms with van der Waals surface area (Å²) in [5.74, 6) is 0. The van der Waals surface area contributed by atoms with E-state index in [1.807, 2.05) is 0 Å². The standard InChI is InChI=1S/C2H2F6N2O8S4/c3-1(4,5)19(11,12)9-20(13,14)2(6,7)21(15,16)10-22(8,17)18/h9-10H. The molecule has 10 nitrogen and oxygen atoms in total. The van der Waals surface area contributed by atoms with Crippen LogP contribution in [0.1, 0.15) is 0 Å². The second kappa shape index (κ2) is 5.43. The van der Waals surface area contributed by atoms with Crippen LogP contribution in [-0.4, -0.2) is 43.8 Å². The van der Waals surface area contributed by atoms with Crippen LogP contribution in [0, 0.1) is 0 Å². The first kappa shape index (κ1) is 21.3. The third kappa shape index (κ3) is 4.41. The first-order chi connectivity index (χ1) is 9.16. The van der Waals surface area contributed by atoms with E-state index in [0.717, 1.165) is 0 Å². The van der Waals surface area contributed by atoms with Gasteiger partial charge in [-0.15, -0.1) is 0 Å². The highest BCUT2D eigenvalue weighted by molar-refractivity contribution is 8.15. The van der Waals surface area contributed by atoms with Gasteiger partial charge >= 0.3 is 50.6 Å². The van der Waals surface area contributed by atoms with Gasteiger partial charge in [0.05, 0.1) is 0 Å². The van der Waals surface area contributed by atoms with E-state index in [1.165, 1.54) is 0 Å². The summed E-state index contributed by atoms with van der Waals surface area (Å²) in [4.78, 5) is 0. The average molecular weight is 424 g/mol. The van der Waals surface area contributed by atoms with Crippen LogP contribution in [0.4, 0.5) is 25.8 Å². The Kier molecular flexibility index (Phi) is 5.26. The number of alkyl halides is 5. The van der Waals surface area contributed by atoms with Gasteiger partial charge < -0.3 is 0 Å². The van der Waals surface area contributed by atoms with Crippen LogP contribution >= 0.6 is 0 Å². The van der Waals surface area contributed by atoms with Gasteiger partial charge in [0.15, 0.2) is 0 Å². The molecule has 0 fully saturated rings. The molecule has 134 valence electrons. The second-order valence-electron chi connectivity index (χ2n) is 3.02. The predicted molar refractivity (Wildman–Crippen MR) is 54.1 cm³/mol. The van der Waals surface area contributed by atoms with Gasteiger partial charge in [0.1, 0.15) is 0 Å². The van der Waals surface area contributed by atoms with E-state index >= 15 is 0 Å². The largest absolute Gasteiger partial charge is 0.512 e. The summed E-state index contributed by atoms with van der Waals surface area (Å²) in [7, 11) is -27.7. The van der Waals surface area contributed by atoms with Gasteiger partial charge in [0, 0.05) is 0 Å². The Morgan fingerprint density at radius 3 is 1.18 bits per heavy atom. The summed E-state index contributed by atoms with van der Waals surface area (Å²) < 4.78 is 149. The lowest BCUT2D eigenvalue weighted by Gasteiger charge is -2.17. The van der Waals surface area contributed by atoms with Crippen LogP contribution in [0.5, 0.6) is 0 Å². The monoisotopic (exact) mass is 424 g/mol. The van der Waals surface area contributed by atoms with E-state index in [0.29, 0.717) is 0 Å². The maximum Gasteiger partial charge on any atom is 0.512 e. The normalized spacial score (nSPS) is 15.7. The Bertz CT molecular complexity index is 848. The Labute approximate surface area is 119 Å². The molecular formula is C2H2F6N2O8S4. The Hall–Kier alpha value is -0.700. The van der Waals surface area contributed by atoms with Crippen LogP contribution < -0.4 is 8.25 Å². The number of nitrogens with one attached hydrogen (secondary N) is 2. The van der Waals surface area contributed by atoms with Gasteiger partial charge in [-0.2, -0.15) is 30.4 Å². The van der Waals surface area contributed by atoms with E-state index in [1.54, 1.807) is 0 Å². The summed E-state index contributed by atoms with van der Waals surface area (Å²) in [6, 6.07) is 0. The molecule has 0 saturated carbocycles. The molecule has 0 aromatic carbocycles. The van der Waals surface area contributed by atoms with Crippen molar-refractivity contribution in [2.45, 2.75) is 10.1 Å². The predicted octanol–water partition coefficient (Wildman–Crippen LogP) is -1.56. The highest BCUT2D eigenvalue weighted by atomic mass is 32.3. The molecule has 0 aliphatic rings. The van der Waals surface area contributed by atoms with Crippen molar-refractivity contribution in [2.24, 2.45) is 0 Å². The molecule has 0 aromatic rings. The lowest BCUT2D eigenvalue weighted by molar-refractivity contribution is -0.0441. The Balaban J connectivity index is 6.03. The van der Waals surface area contributed by atoms with Crippen molar-refractivity contribution in [3.8, 4) is 0 Å². The summed E-state index contributed by atoms with van der Waals surface area (Å²) in [6.45, 7) is 0. The van der Waals surface area contributed by atoms with Crippen molar-refractivity contribution in [1.29, 1.82) is 0 Å². The molecule has 0 aliphatic heterocycles. The molecule has 0 atom stereocenters. The number of hydrogen-bond donors (Lipinski definition) is 2. The first-order valence-corrected chi connectivity index (χ1v) is 9.69. The van der Waals surface area contributed by atoms with Gasteiger partial charge in [-0.05, 0) is 0 Å². The third-order valence-corrected chi connectivity index (χ3v) is 7.97. The van der Waals surface area contributed by atoms with E-state index in [9.17, 15) is 59.5 Å². The smallest absolute Gasteiger partial charge is 0.204 e. The summed E-state index contributed by atoms with van der Waals surface area (Å²) in [6.07, 6.45) is 0. The van der Waals surface area contributed by atoms with E-state index < -0.39 is 58.8 Å². The van der Waals surface area contributed by atoms with Crippen LogP contribution in [0.2, 0.25) is 0 Å². The first-order valence-electron chi connectivity index (χ1n) is 3.86. The van der Waals surface area contributed by atoms with Crippen LogP contribution in [0.15, 0.2) is 0 Å². The summed E-state index contributed by atoms with van der Waals surface area (Å²) in [5, 5.41) is 0. The maximum atomic E-state index is 13.1. The van der Waals surface area contributed by atoms with Gasteiger partial charge in [-0.25, -0.2) is 25.3 Å². The molecule has 20 heteroatoms. The van der Waals surface area contributed by atoms with E-state index in [4.69, 9.17) is 0 Å². The fourth-order valence-electron chi connectivity index (χ4n) is 0.564. The van der Waals surface area contributed by atoms with Crippen molar-refractivity contribution >= 4 is 40.5 Å². The van der Waals surface area contributed by atoms with Crippen LogP contribution in [0.3, 0.4) is 0 Å². The fourth-order valence-corrected chi connectivity index (χ4v) is 5.69. The molecule has 0 amide bonds. The molecule has 0 rings (SSSR count). The molecule has 0 aliphatic carbocycles. The Morgan fingerprint density at radius 1 is 0.591 bits per heavy atom. The molecule has 0 heterocycles. The zero-order chi connectivity index (χ0) is 18.4. The molecular weight excluding hydrogens is 422 g/mol. The van der Waals surface area contributed by atoms with Crippen molar-refractivity contribution in [1.82, 2.24) is 8.25 Å². The van der Waals surface area contributed by atoms with Gasteiger partial charge in [-0.3, -0.25) is 0 Å². The average Bonchev–Trinajstić information content (AvgIpc) is 2.08. The molecule has 0 radical (unpaired) electrons. The SMILES string of the molecule is O=S(=O)(F)NS(=O)(=O)C(F)(F)S(=O)(=O)NS(=O)(=O)C(F)(F)F. The molecule has 0 saturated heterocycles. The van der Waals surface area contributed by atoms with Crippen molar-refractivity contribution < 1.29 is 59.5 Å². The number of hydrogen-bond acceptors (Lipinski definition) is 8. The number of halogens is 6. The molecule has 2 N–H and O–H groups in total. The van der Waals surface area contributed by atoms with Crippen molar-refractivity contribution in [3.05, 3.63) is 0 Å². The molecule has 0 bridgehead atoms. The lowest BCUT2D eigenvalue weighted by Crippen LogP contribution is -2.53. The molecule has 0 aromatic heterocycles. The maximum absolute atomic E-state index is 13.1. The highest BCUT2D eigenvalue weighted by Crippen LogP contribution is 2.30. The minimum Gasteiger partial charge on any atom is -0.204 e. The molecule has 0 unspecified atom stereocenters. The second-order valence-corrected chi connectivity index (χ2v) is 10.0. The minimum absolute atomic E-state index is 0.501. The van der Waals surface area contributed by atoms with Gasteiger partial charge in [0.2, 0.25) is 0 Å². The summed E-state index contributed by atoms with van der Waals surface area (Å²) >= 11 is 0. The van der Waals surface area contributed by atoms with Gasteiger partial charge in [-0.1, -0.05) is 12.1 Å². The highest BCUT2D eigenvalue weighted by Gasteiger charge is 2.63. The zero-order valence-corrected chi connectivity index (χ0v) is 12.4. The molecule has 22 heavy (non-hydrogen) atoms. The zero-order valence-electron chi connectivity index (χ0n) is 9.17. The van der Waals surface area contributed by atoms with E-state index in [-0.39, 0.29) is 0 Å². The lowest BCUT2D eigenvalue weighted by atomic mass is 11.6. The number of sulfonamides is 3. The van der Waals surface area contributed by atoms with Crippen LogP contribution in [-0.2, 0) is 40.5 Å².